The van der Waals surface area contributed by atoms with Gasteiger partial charge >= 0.3 is 0 Å². The second kappa shape index (κ2) is 13.9. The number of rotatable bonds is 10. The molecule has 1 aromatic heterocycles. The van der Waals surface area contributed by atoms with Gasteiger partial charge in [0.2, 0.25) is 0 Å². The zero-order valence-corrected chi connectivity index (χ0v) is 28.3. The van der Waals surface area contributed by atoms with Crippen molar-refractivity contribution >= 4 is 73.1 Å². The fourth-order valence-electron chi connectivity index (χ4n) is 5.00. The summed E-state index contributed by atoms with van der Waals surface area (Å²) in [7, 11) is -0.279. The number of sulfonamides is 1. The second-order valence-electron chi connectivity index (χ2n) is 11.1. The van der Waals surface area contributed by atoms with Crippen molar-refractivity contribution in [1.82, 2.24) is 9.66 Å². The average molecular weight is 698 g/mol. The minimum absolute atomic E-state index is 0.0433. The lowest BCUT2D eigenvalue weighted by Crippen LogP contribution is -2.36. The molecule has 0 aliphatic rings. The molecule has 12 heteroatoms. The summed E-state index contributed by atoms with van der Waals surface area (Å²) in [6.45, 7) is 0. The van der Waals surface area contributed by atoms with Crippen LogP contribution in [0.4, 0.5) is 22.7 Å². The number of nitrogens with zero attached hydrogens (tertiary/aromatic N) is 4. The molecule has 5 aromatic carbocycles. The maximum absolute atomic E-state index is 13.8. The molecular formula is C36H30Cl2N6O3S. The average Bonchev–Trinajstić information content (AvgIpc) is 3.08. The molecule has 6 aromatic rings. The molecule has 0 radical (unpaired) electrons. The van der Waals surface area contributed by atoms with Crippen molar-refractivity contribution in [2.45, 2.75) is 11.3 Å². The van der Waals surface area contributed by atoms with Crippen LogP contribution in [-0.4, -0.2) is 38.4 Å². The van der Waals surface area contributed by atoms with E-state index in [0.717, 1.165) is 21.5 Å². The summed E-state index contributed by atoms with van der Waals surface area (Å²) in [4.78, 5) is 27.4. The van der Waals surface area contributed by atoms with E-state index < -0.39 is 15.6 Å². The van der Waals surface area contributed by atoms with E-state index in [1.54, 1.807) is 60.8 Å². The zero-order chi connectivity index (χ0) is 33.8. The molecule has 0 saturated heterocycles. The first-order valence-corrected chi connectivity index (χ1v) is 17.1. The first-order chi connectivity index (χ1) is 23.1. The third-order valence-corrected chi connectivity index (χ3v) is 9.51. The van der Waals surface area contributed by atoms with E-state index in [2.05, 4.69) is 15.1 Å². The molecule has 48 heavy (non-hydrogen) atoms. The number of benzene rings is 5. The van der Waals surface area contributed by atoms with Gasteiger partial charge in [0.15, 0.2) is 0 Å². The van der Waals surface area contributed by atoms with Crippen LogP contribution in [0.5, 0.6) is 0 Å². The van der Waals surface area contributed by atoms with Gasteiger partial charge in [-0.25, -0.2) is 9.82 Å². The molecule has 1 heterocycles. The fraction of sp³-hybridized carbons (Fsp3) is 0.0833. The van der Waals surface area contributed by atoms with Gasteiger partial charge in [-0.3, -0.25) is 9.79 Å². The lowest BCUT2D eigenvalue weighted by Gasteiger charge is -2.18. The predicted molar refractivity (Wildman–Crippen MR) is 196 cm³/mol. The molecule has 0 unspecified atom stereocenters. The molecule has 9 nitrogen and oxygen atoms in total. The largest absolute Gasteiger partial charge is 0.378 e. The van der Waals surface area contributed by atoms with Crippen molar-refractivity contribution in [3.8, 4) is 0 Å². The topological polar surface area (TPSA) is 109 Å². The summed E-state index contributed by atoms with van der Waals surface area (Å²) < 4.78 is 28.3. The van der Waals surface area contributed by atoms with Crippen LogP contribution in [0, 0.1) is 0 Å². The number of anilines is 3. The van der Waals surface area contributed by atoms with Crippen LogP contribution in [0.3, 0.4) is 0 Å². The van der Waals surface area contributed by atoms with Gasteiger partial charge in [0.1, 0.15) is 5.82 Å². The monoisotopic (exact) mass is 696 g/mol. The number of hydrogen-bond acceptors (Lipinski definition) is 7. The molecule has 0 bridgehead atoms. The Kier molecular flexibility index (Phi) is 9.49. The first-order valence-electron chi connectivity index (χ1n) is 14.8. The van der Waals surface area contributed by atoms with Gasteiger partial charge in [-0.1, -0.05) is 71.7 Å². The van der Waals surface area contributed by atoms with Crippen LogP contribution in [0.1, 0.15) is 17.0 Å². The summed E-state index contributed by atoms with van der Waals surface area (Å²) in [5.74, 6) is 0.184. The van der Waals surface area contributed by atoms with E-state index in [0.29, 0.717) is 32.6 Å². The Morgan fingerprint density at radius 3 is 2.21 bits per heavy atom. The van der Waals surface area contributed by atoms with E-state index in [9.17, 15) is 13.2 Å². The standard InChI is InChI=1S/C36H30Cl2N6O3S/c1-43(2)27-18-14-24(15-19-27)23-39-26-16-20-28(21-17-26)48(46,47)42-44-34(40-33-13-6-4-9-29(33)36(44)45)22-25-8-3-5-12-32(25)41-35-30(37)10-7-11-31(35)38/h3-21,23,41-42H,22H2,1-2H3. The van der Waals surface area contributed by atoms with Gasteiger partial charge in [0, 0.05) is 38.1 Å². The van der Waals surface area contributed by atoms with Gasteiger partial charge < -0.3 is 10.2 Å². The second-order valence-corrected chi connectivity index (χ2v) is 13.5. The van der Waals surface area contributed by atoms with Crippen LogP contribution in [0.15, 0.2) is 130 Å². The smallest absolute Gasteiger partial charge is 0.280 e. The Morgan fingerprint density at radius 1 is 0.833 bits per heavy atom. The number of fused-ring (bicyclic) bond motifs is 1. The summed E-state index contributed by atoms with van der Waals surface area (Å²) in [6.07, 6.45) is 1.80. The van der Waals surface area contributed by atoms with Crippen molar-refractivity contribution in [3.63, 3.8) is 0 Å². The zero-order valence-electron chi connectivity index (χ0n) is 25.9. The van der Waals surface area contributed by atoms with E-state index in [-0.39, 0.29) is 22.5 Å². The third-order valence-electron chi connectivity index (χ3n) is 7.56. The molecule has 0 spiro atoms. The molecule has 0 atom stereocenters. The highest BCUT2D eigenvalue weighted by molar-refractivity contribution is 7.92. The molecule has 242 valence electrons. The molecule has 0 amide bonds. The van der Waals surface area contributed by atoms with Crippen molar-refractivity contribution in [1.29, 1.82) is 0 Å². The van der Waals surface area contributed by atoms with Crippen LogP contribution >= 0.6 is 23.2 Å². The Bertz CT molecular complexity index is 2290. The Morgan fingerprint density at radius 2 is 1.50 bits per heavy atom. The molecule has 0 aliphatic carbocycles. The highest BCUT2D eigenvalue weighted by Gasteiger charge is 2.20. The minimum Gasteiger partial charge on any atom is -0.378 e. The van der Waals surface area contributed by atoms with Crippen molar-refractivity contribution < 1.29 is 8.42 Å². The van der Waals surface area contributed by atoms with Gasteiger partial charge in [0.25, 0.3) is 15.6 Å². The van der Waals surface area contributed by atoms with Gasteiger partial charge in [-0.05, 0) is 77.9 Å². The van der Waals surface area contributed by atoms with Crippen molar-refractivity contribution in [2.24, 2.45) is 4.99 Å². The SMILES string of the molecule is CN(C)c1ccc(C=Nc2ccc(S(=O)(=O)Nn3c(Cc4ccccc4Nc4c(Cl)cccc4Cl)nc4ccccc4c3=O)cc2)cc1. The summed E-state index contributed by atoms with van der Waals surface area (Å²) in [5, 5.41) is 4.40. The number of para-hydroxylation sites is 3. The highest BCUT2D eigenvalue weighted by atomic mass is 35.5. The fourth-order valence-corrected chi connectivity index (χ4v) is 6.52. The van der Waals surface area contributed by atoms with Gasteiger partial charge in [0.05, 0.1) is 37.2 Å². The Balaban J connectivity index is 1.31. The van der Waals surface area contributed by atoms with E-state index in [1.165, 1.54) is 12.1 Å². The predicted octanol–water partition coefficient (Wildman–Crippen LogP) is 7.79. The van der Waals surface area contributed by atoms with Crippen molar-refractivity contribution in [3.05, 3.63) is 153 Å². The number of aliphatic imine (C=N–C) groups is 1. The van der Waals surface area contributed by atoms with E-state index in [1.807, 2.05) is 67.5 Å². The Hall–Kier alpha value is -5.16. The van der Waals surface area contributed by atoms with Gasteiger partial charge in [-0.15, -0.1) is 0 Å². The van der Waals surface area contributed by atoms with Crippen LogP contribution < -0.4 is 20.6 Å². The number of aromatic nitrogens is 2. The summed E-state index contributed by atoms with van der Waals surface area (Å²) >= 11 is 12.8. The quantitative estimate of drug-likeness (QED) is 0.142. The van der Waals surface area contributed by atoms with E-state index in [4.69, 9.17) is 28.2 Å². The van der Waals surface area contributed by atoms with Crippen molar-refractivity contribution in [2.75, 3.05) is 29.1 Å². The first kappa shape index (κ1) is 32.8. The molecule has 6 rings (SSSR count). The maximum Gasteiger partial charge on any atom is 0.280 e. The van der Waals surface area contributed by atoms with Crippen LogP contribution in [0.25, 0.3) is 10.9 Å². The minimum atomic E-state index is -4.22. The molecule has 0 saturated carbocycles. The molecule has 2 N–H and O–H groups in total. The molecular weight excluding hydrogens is 667 g/mol. The lowest BCUT2D eigenvalue weighted by atomic mass is 10.1. The molecule has 0 aliphatic heterocycles. The highest BCUT2D eigenvalue weighted by Crippen LogP contribution is 2.34. The van der Waals surface area contributed by atoms with Crippen LogP contribution in [0.2, 0.25) is 10.0 Å². The number of halogens is 2. The summed E-state index contributed by atoms with van der Waals surface area (Å²) in [6, 6.07) is 33.3. The molecule has 0 fully saturated rings. The van der Waals surface area contributed by atoms with E-state index >= 15 is 0 Å². The third kappa shape index (κ3) is 7.21. The number of hydrogen-bond donors (Lipinski definition) is 2. The van der Waals surface area contributed by atoms with Gasteiger partial charge in [-0.2, -0.15) is 13.1 Å². The number of nitrogens with one attached hydrogen (secondary N) is 2. The Labute approximate surface area is 288 Å². The normalized spacial score (nSPS) is 11.6. The lowest BCUT2D eigenvalue weighted by molar-refractivity contribution is 0.592. The van der Waals surface area contributed by atoms with Crippen LogP contribution in [-0.2, 0) is 16.4 Å². The maximum atomic E-state index is 13.8. The summed E-state index contributed by atoms with van der Waals surface area (Å²) in [5.41, 5.74) is 4.33.